The molecule has 1 atom stereocenters. The number of halogens is 2. The SMILES string of the molecule is CC(Nc1ncc2nc(-c3c(Cl)cccc3Cl)n(CCC3CCNCC3)c2n1)c1ccccc1. The van der Waals surface area contributed by atoms with Crippen LogP contribution in [-0.2, 0) is 6.54 Å². The molecule has 2 N–H and O–H groups in total. The summed E-state index contributed by atoms with van der Waals surface area (Å²) in [6.45, 7) is 5.05. The molecular formula is C26H28Cl2N6. The predicted octanol–water partition coefficient (Wildman–Crippen LogP) is 6.36. The van der Waals surface area contributed by atoms with E-state index in [9.17, 15) is 0 Å². The number of imidazole rings is 1. The van der Waals surface area contributed by atoms with E-state index < -0.39 is 0 Å². The fraction of sp³-hybridized carbons (Fsp3) is 0.346. The molecule has 1 aliphatic heterocycles. The summed E-state index contributed by atoms with van der Waals surface area (Å²) >= 11 is 13.2. The molecule has 1 fully saturated rings. The molecule has 1 unspecified atom stereocenters. The minimum Gasteiger partial charge on any atom is -0.348 e. The highest BCUT2D eigenvalue weighted by Crippen LogP contribution is 2.36. The molecule has 0 saturated carbocycles. The van der Waals surface area contributed by atoms with Gasteiger partial charge in [0.15, 0.2) is 5.65 Å². The summed E-state index contributed by atoms with van der Waals surface area (Å²) in [4.78, 5) is 14.3. The summed E-state index contributed by atoms with van der Waals surface area (Å²) in [6, 6.07) is 15.9. The third-order valence-corrected chi connectivity index (χ3v) is 7.17. The first kappa shape index (κ1) is 23.1. The molecule has 8 heteroatoms. The van der Waals surface area contributed by atoms with E-state index in [1.807, 2.05) is 36.4 Å². The van der Waals surface area contributed by atoms with Crippen LogP contribution in [0.1, 0.15) is 37.8 Å². The number of hydrogen-bond acceptors (Lipinski definition) is 5. The number of fused-ring (bicyclic) bond motifs is 1. The predicted molar refractivity (Wildman–Crippen MR) is 139 cm³/mol. The number of aromatic nitrogens is 4. The Morgan fingerprint density at radius 1 is 1.03 bits per heavy atom. The lowest BCUT2D eigenvalue weighted by atomic mass is 9.95. The van der Waals surface area contributed by atoms with Gasteiger partial charge in [-0.15, -0.1) is 0 Å². The first-order valence-corrected chi connectivity index (χ1v) is 12.6. The molecule has 0 spiro atoms. The van der Waals surface area contributed by atoms with Crippen molar-refractivity contribution in [1.29, 1.82) is 0 Å². The van der Waals surface area contributed by atoms with Crippen LogP contribution in [0.4, 0.5) is 5.95 Å². The summed E-state index contributed by atoms with van der Waals surface area (Å²) < 4.78 is 2.16. The highest BCUT2D eigenvalue weighted by atomic mass is 35.5. The Balaban J connectivity index is 1.52. The van der Waals surface area contributed by atoms with Gasteiger partial charge in [0, 0.05) is 6.54 Å². The van der Waals surface area contributed by atoms with E-state index in [0.717, 1.165) is 48.6 Å². The summed E-state index contributed by atoms with van der Waals surface area (Å²) in [6.07, 6.45) is 5.20. The third kappa shape index (κ3) is 4.90. The van der Waals surface area contributed by atoms with E-state index >= 15 is 0 Å². The monoisotopic (exact) mass is 494 g/mol. The van der Waals surface area contributed by atoms with Crippen LogP contribution in [0.15, 0.2) is 54.7 Å². The standard InChI is InChI=1S/C26H28Cl2N6/c1-17(19-6-3-2-4-7-19)31-26-30-16-22-24(33-26)34(15-12-18-10-13-29-14-11-18)25(32-22)23-20(27)8-5-9-21(23)28/h2-9,16-18,29H,10-15H2,1H3,(H,30,31,33). The van der Waals surface area contributed by atoms with Gasteiger partial charge < -0.3 is 15.2 Å². The molecule has 3 heterocycles. The number of rotatable bonds is 7. The Hall–Kier alpha value is -2.67. The molecule has 0 bridgehead atoms. The molecule has 5 rings (SSSR count). The Kier molecular flexibility index (Phi) is 6.99. The second-order valence-electron chi connectivity index (χ2n) is 8.84. The van der Waals surface area contributed by atoms with Crippen molar-refractivity contribution in [2.75, 3.05) is 18.4 Å². The van der Waals surface area contributed by atoms with Crippen LogP contribution in [0.3, 0.4) is 0 Å². The van der Waals surface area contributed by atoms with Crippen LogP contribution < -0.4 is 10.6 Å². The molecule has 6 nitrogen and oxygen atoms in total. The van der Waals surface area contributed by atoms with Crippen molar-refractivity contribution in [2.45, 2.75) is 38.8 Å². The average Bonchev–Trinajstić information content (AvgIpc) is 3.21. The fourth-order valence-corrected chi connectivity index (χ4v) is 5.17. The van der Waals surface area contributed by atoms with Crippen molar-refractivity contribution in [3.8, 4) is 11.4 Å². The zero-order chi connectivity index (χ0) is 23.5. The van der Waals surface area contributed by atoms with Gasteiger partial charge in [0.05, 0.1) is 27.8 Å². The van der Waals surface area contributed by atoms with Crippen molar-refractivity contribution in [1.82, 2.24) is 24.8 Å². The van der Waals surface area contributed by atoms with E-state index in [-0.39, 0.29) is 6.04 Å². The topological polar surface area (TPSA) is 67.7 Å². The Labute approximate surface area is 209 Å². The second kappa shape index (κ2) is 10.3. The van der Waals surface area contributed by atoms with Crippen LogP contribution in [0, 0.1) is 5.92 Å². The maximum absolute atomic E-state index is 6.59. The van der Waals surface area contributed by atoms with E-state index in [0.29, 0.717) is 21.9 Å². The van der Waals surface area contributed by atoms with Crippen molar-refractivity contribution < 1.29 is 0 Å². The van der Waals surface area contributed by atoms with Gasteiger partial charge in [0.25, 0.3) is 0 Å². The number of aryl methyl sites for hydroxylation is 1. The Morgan fingerprint density at radius 2 is 1.76 bits per heavy atom. The molecule has 2 aromatic carbocycles. The van der Waals surface area contributed by atoms with Crippen LogP contribution in [0.5, 0.6) is 0 Å². The maximum atomic E-state index is 6.59. The van der Waals surface area contributed by atoms with Gasteiger partial charge in [0.2, 0.25) is 5.95 Å². The number of anilines is 1. The van der Waals surface area contributed by atoms with Crippen LogP contribution in [0.25, 0.3) is 22.6 Å². The molecule has 1 aliphatic rings. The second-order valence-corrected chi connectivity index (χ2v) is 9.66. The number of nitrogens with zero attached hydrogens (tertiary/aromatic N) is 4. The van der Waals surface area contributed by atoms with Crippen molar-refractivity contribution in [3.63, 3.8) is 0 Å². The van der Waals surface area contributed by atoms with E-state index in [1.54, 1.807) is 6.20 Å². The van der Waals surface area contributed by atoms with Crippen molar-refractivity contribution in [3.05, 3.63) is 70.3 Å². The van der Waals surface area contributed by atoms with Gasteiger partial charge in [-0.1, -0.05) is 59.6 Å². The highest BCUT2D eigenvalue weighted by Gasteiger charge is 2.21. The molecule has 4 aromatic rings. The Bertz CT molecular complexity index is 1250. The van der Waals surface area contributed by atoms with Gasteiger partial charge in [-0.05, 0) is 62.9 Å². The fourth-order valence-electron chi connectivity index (χ4n) is 4.60. The van der Waals surface area contributed by atoms with E-state index in [2.05, 4.69) is 39.2 Å². The van der Waals surface area contributed by atoms with Gasteiger partial charge in [0.1, 0.15) is 11.3 Å². The minimum atomic E-state index is 0.0715. The summed E-state index contributed by atoms with van der Waals surface area (Å²) in [7, 11) is 0. The molecule has 2 aromatic heterocycles. The van der Waals surface area contributed by atoms with Crippen LogP contribution in [-0.4, -0.2) is 32.6 Å². The first-order chi connectivity index (χ1) is 16.6. The van der Waals surface area contributed by atoms with E-state index in [4.69, 9.17) is 33.2 Å². The average molecular weight is 495 g/mol. The quantitative estimate of drug-likeness (QED) is 0.312. The molecule has 176 valence electrons. The molecule has 0 radical (unpaired) electrons. The molecular weight excluding hydrogens is 467 g/mol. The number of benzene rings is 2. The van der Waals surface area contributed by atoms with Crippen LogP contribution >= 0.6 is 23.2 Å². The molecule has 0 aliphatic carbocycles. The third-order valence-electron chi connectivity index (χ3n) is 6.54. The van der Waals surface area contributed by atoms with E-state index in [1.165, 1.54) is 18.4 Å². The van der Waals surface area contributed by atoms with Crippen molar-refractivity contribution in [2.24, 2.45) is 5.92 Å². The van der Waals surface area contributed by atoms with Gasteiger partial charge in [-0.25, -0.2) is 9.97 Å². The number of piperidine rings is 1. The summed E-state index contributed by atoms with van der Waals surface area (Å²) in [5.74, 6) is 1.98. The smallest absolute Gasteiger partial charge is 0.225 e. The van der Waals surface area contributed by atoms with Gasteiger partial charge >= 0.3 is 0 Å². The zero-order valence-electron chi connectivity index (χ0n) is 19.1. The Morgan fingerprint density at radius 3 is 2.50 bits per heavy atom. The number of hydrogen-bond donors (Lipinski definition) is 2. The summed E-state index contributed by atoms with van der Waals surface area (Å²) in [5, 5.41) is 8.03. The first-order valence-electron chi connectivity index (χ1n) is 11.8. The normalized spacial score (nSPS) is 15.5. The lowest BCUT2D eigenvalue weighted by Gasteiger charge is -2.23. The zero-order valence-corrected chi connectivity index (χ0v) is 20.7. The van der Waals surface area contributed by atoms with Gasteiger partial charge in [-0.3, -0.25) is 0 Å². The summed E-state index contributed by atoms with van der Waals surface area (Å²) in [5.41, 5.74) is 3.43. The lowest BCUT2D eigenvalue weighted by Crippen LogP contribution is -2.28. The van der Waals surface area contributed by atoms with Crippen molar-refractivity contribution >= 4 is 40.3 Å². The minimum absolute atomic E-state index is 0.0715. The largest absolute Gasteiger partial charge is 0.348 e. The maximum Gasteiger partial charge on any atom is 0.225 e. The lowest BCUT2D eigenvalue weighted by molar-refractivity contribution is 0.339. The van der Waals surface area contributed by atoms with Crippen LogP contribution in [0.2, 0.25) is 10.0 Å². The highest BCUT2D eigenvalue weighted by molar-refractivity contribution is 6.39. The van der Waals surface area contributed by atoms with Gasteiger partial charge in [-0.2, -0.15) is 4.98 Å². The molecule has 34 heavy (non-hydrogen) atoms. The molecule has 0 amide bonds. The number of nitrogens with one attached hydrogen (secondary N) is 2. The molecule has 1 saturated heterocycles.